The quantitative estimate of drug-likeness (QED) is 0.914. The van der Waals surface area contributed by atoms with Gasteiger partial charge in [0.2, 0.25) is 0 Å². The molecular formula is C17H20FNO2. The van der Waals surface area contributed by atoms with Crippen LogP contribution in [0, 0.1) is 12.7 Å². The monoisotopic (exact) mass is 289 g/mol. The second-order valence-electron chi connectivity index (χ2n) is 5.05. The van der Waals surface area contributed by atoms with Crippen LogP contribution < -0.4 is 15.2 Å². The van der Waals surface area contributed by atoms with E-state index in [0.717, 1.165) is 11.1 Å². The second-order valence-corrected chi connectivity index (χ2v) is 5.05. The summed E-state index contributed by atoms with van der Waals surface area (Å²) in [4.78, 5) is 0. The molecule has 2 aromatic rings. The summed E-state index contributed by atoms with van der Waals surface area (Å²) in [7, 11) is 1.60. The molecule has 2 aromatic carbocycles. The zero-order chi connectivity index (χ0) is 15.4. The first-order valence-corrected chi connectivity index (χ1v) is 6.84. The van der Waals surface area contributed by atoms with Crippen LogP contribution in [0.2, 0.25) is 0 Å². The third kappa shape index (κ3) is 3.52. The summed E-state index contributed by atoms with van der Waals surface area (Å²) in [5.41, 5.74) is 7.76. The van der Waals surface area contributed by atoms with Crippen LogP contribution >= 0.6 is 0 Å². The Hall–Kier alpha value is -2.07. The molecule has 0 aliphatic carbocycles. The van der Waals surface area contributed by atoms with Gasteiger partial charge in [0.05, 0.1) is 7.11 Å². The highest BCUT2D eigenvalue weighted by molar-refractivity contribution is 5.38. The summed E-state index contributed by atoms with van der Waals surface area (Å²) >= 11 is 0. The maximum absolute atomic E-state index is 13.4. The second kappa shape index (κ2) is 6.59. The van der Waals surface area contributed by atoms with Crippen molar-refractivity contribution >= 4 is 0 Å². The smallest absolute Gasteiger partial charge is 0.142 e. The minimum absolute atomic E-state index is 0.274. The SMILES string of the molecule is COc1ccccc1C(Oc1cc(F)ccc1C)C(C)N. The van der Waals surface area contributed by atoms with Crippen molar-refractivity contribution in [1.29, 1.82) is 0 Å². The third-order valence-corrected chi connectivity index (χ3v) is 3.33. The van der Waals surface area contributed by atoms with Gasteiger partial charge in [0.15, 0.2) is 0 Å². The summed E-state index contributed by atoms with van der Waals surface area (Å²) in [5.74, 6) is 0.858. The molecule has 0 fully saturated rings. The van der Waals surface area contributed by atoms with E-state index in [4.69, 9.17) is 15.2 Å². The minimum Gasteiger partial charge on any atom is -0.496 e. The number of nitrogens with two attached hydrogens (primary N) is 1. The molecule has 0 aliphatic rings. The molecule has 0 saturated carbocycles. The summed E-state index contributed by atoms with van der Waals surface area (Å²) < 4.78 is 24.7. The van der Waals surface area contributed by atoms with Gasteiger partial charge in [-0.25, -0.2) is 4.39 Å². The van der Waals surface area contributed by atoms with Gasteiger partial charge >= 0.3 is 0 Å². The summed E-state index contributed by atoms with van der Waals surface area (Å²) in [6.07, 6.45) is -0.415. The lowest BCUT2D eigenvalue weighted by Gasteiger charge is -2.25. The van der Waals surface area contributed by atoms with Crippen molar-refractivity contribution in [2.45, 2.75) is 26.0 Å². The highest BCUT2D eigenvalue weighted by Crippen LogP contribution is 2.32. The predicted molar refractivity (Wildman–Crippen MR) is 81.1 cm³/mol. The van der Waals surface area contributed by atoms with E-state index in [1.54, 1.807) is 13.2 Å². The number of methoxy groups -OCH3 is 1. The number of aryl methyl sites for hydroxylation is 1. The Balaban J connectivity index is 2.38. The van der Waals surface area contributed by atoms with Gasteiger partial charge in [-0.15, -0.1) is 0 Å². The van der Waals surface area contributed by atoms with Crippen molar-refractivity contribution < 1.29 is 13.9 Å². The zero-order valence-electron chi connectivity index (χ0n) is 12.5. The van der Waals surface area contributed by atoms with Crippen molar-refractivity contribution in [3.05, 3.63) is 59.4 Å². The molecule has 4 heteroatoms. The molecule has 0 saturated heterocycles. The number of hydrogen-bond donors (Lipinski definition) is 1. The van der Waals surface area contributed by atoms with Gasteiger partial charge in [-0.3, -0.25) is 0 Å². The largest absolute Gasteiger partial charge is 0.496 e. The van der Waals surface area contributed by atoms with E-state index < -0.39 is 6.10 Å². The number of halogens is 1. The van der Waals surface area contributed by atoms with Gasteiger partial charge in [0.25, 0.3) is 0 Å². The van der Waals surface area contributed by atoms with E-state index in [9.17, 15) is 4.39 Å². The summed E-state index contributed by atoms with van der Waals surface area (Å²) in [6, 6.07) is 11.7. The van der Waals surface area contributed by atoms with E-state index in [2.05, 4.69) is 0 Å². The molecule has 0 amide bonds. The van der Waals surface area contributed by atoms with E-state index >= 15 is 0 Å². The molecule has 112 valence electrons. The Morgan fingerprint density at radius 2 is 1.81 bits per heavy atom. The molecule has 2 unspecified atom stereocenters. The lowest BCUT2D eigenvalue weighted by Crippen LogP contribution is -2.29. The fourth-order valence-corrected chi connectivity index (χ4v) is 2.19. The van der Waals surface area contributed by atoms with Gasteiger partial charge in [0.1, 0.15) is 23.4 Å². The van der Waals surface area contributed by atoms with E-state index in [1.165, 1.54) is 12.1 Å². The standard InChI is InChI=1S/C17H20FNO2/c1-11-8-9-13(18)10-16(11)21-17(12(2)19)14-6-4-5-7-15(14)20-3/h4-10,12,17H,19H2,1-3H3. The Labute approximate surface area is 124 Å². The molecule has 0 aliphatic heterocycles. The first-order chi connectivity index (χ1) is 10.0. The number of hydrogen-bond acceptors (Lipinski definition) is 3. The molecule has 0 spiro atoms. The van der Waals surface area contributed by atoms with Crippen LogP contribution in [0.4, 0.5) is 4.39 Å². The molecule has 0 heterocycles. The van der Waals surface area contributed by atoms with Crippen molar-refractivity contribution in [1.82, 2.24) is 0 Å². The highest BCUT2D eigenvalue weighted by Gasteiger charge is 2.22. The topological polar surface area (TPSA) is 44.5 Å². The average Bonchev–Trinajstić information content (AvgIpc) is 2.47. The Morgan fingerprint density at radius 1 is 1.10 bits per heavy atom. The van der Waals surface area contributed by atoms with Gasteiger partial charge < -0.3 is 15.2 Å². The lowest BCUT2D eigenvalue weighted by atomic mass is 10.0. The van der Waals surface area contributed by atoms with Crippen molar-refractivity contribution in [2.24, 2.45) is 5.73 Å². The number of benzene rings is 2. The molecule has 2 N–H and O–H groups in total. The number of para-hydroxylation sites is 1. The first kappa shape index (κ1) is 15.3. The highest BCUT2D eigenvalue weighted by atomic mass is 19.1. The van der Waals surface area contributed by atoms with E-state index in [-0.39, 0.29) is 11.9 Å². The molecule has 2 rings (SSSR count). The average molecular weight is 289 g/mol. The predicted octanol–water partition coefficient (Wildman–Crippen LogP) is 3.61. The molecule has 2 atom stereocenters. The van der Waals surface area contributed by atoms with E-state index in [1.807, 2.05) is 38.1 Å². The van der Waals surface area contributed by atoms with Crippen molar-refractivity contribution in [3.8, 4) is 11.5 Å². The molecule has 21 heavy (non-hydrogen) atoms. The lowest BCUT2D eigenvalue weighted by molar-refractivity contribution is 0.174. The Bertz CT molecular complexity index is 613. The fourth-order valence-electron chi connectivity index (χ4n) is 2.19. The van der Waals surface area contributed by atoms with Crippen LogP contribution in [-0.2, 0) is 0 Å². The third-order valence-electron chi connectivity index (χ3n) is 3.33. The molecule has 0 radical (unpaired) electrons. The maximum Gasteiger partial charge on any atom is 0.142 e. The molecule has 0 aromatic heterocycles. The maximum atomic E-state index is 13.4. The molecule has 3 nitrogen and oxygen atoms in total. The Kier molecular flexibility index (Phi) is 4.81. The van der Waals surface area contributed by atoms with Crippen LogP contribution in [0.25, 0.3) is 0 Å². The van der Waals surface area contributed by atoms with Gasteiger partial charge in [-0.1, -0.05) is 24.3 Å². The van der Waals surface area contributed by atoms with Crippen LogP contribution in [-0.4, -0.2) is 13.2 Å². The van der Waals surface area contributed by atoms with Gasteiger partial charge in [0, 0.05) is 17.7 Å². The normalized spacial score (nSPS) is 13.6. The van der Waals surface area contributed by atoms with Gasteiger partial charge in [-0.05, 0) is 31.5 Å². The summed E-state index contributed by atoms with van der Waals surface area (Å²) in [5, 5.41) is 0. The molecular weight excluding hydrogens is 269 g/mol. The number of rotatable bonds is 5. The minimum atomic E-state index is -0.415. The van der Waals surface area contributed by atoms with Crippen LogP contribution in [0.3, 0.4) is 0 Å². The van der Waals surface area contributed by atoms with Crippen LogP contribution in [0.15, 0.2) is 42.5 Å². The fraction of sp³-hybridized carbons (Fsp3) is 0.294. The van der Waals surface area contributed by atoms with Crippen molar-refractivity contribution in [2.75, 3.05) is 7.11 Å². The molecule has 0 bridgehead atoms. The Morgan fingerprint density at radius 3 is 2.48 bits per heavy atom. The van der Waals surface area contributed by atoms with E-state index in [0.29, 0.717) is 11.5 Å². The first-order valence-electron chi connectivity index (χ1n) is 6.84. The van der Waals surface area contributed by atoms with Crippen LogP contribution in [0.5, 0.6) is 11.5 Å². The summed E-state index contributed by atoms with van der Waals surface area (Å²) in [6.45, 7) is 3.72. The number of ether oxygens (including phenoxy) is 2. The zero-order valence-corrected chi connectivity index (χ0v) is 12.5. The van der Waals surface area contributed by atoms with Crippen LogP contribution in [0.1, 0.15) is 24.2 Å². The van der Waals surface area contributed by atoms with Gasteiger partial charge in [-0.2, -0.15) is 0 Å². The van der Waals surface area contributed by atoms with Crippen molar-refractivity contribution in [3.63, 3.8) is 0 Å².